The number of para-hydroxylation sites is 6. The Kier molecular flexibility index (Phi) is 18.1. The molecule has 0 spiro atoms. The van der Waals surface area contributed by atoms with Crippen LogP contribution in [0.15, 0.2) is 461 Å². The molecule has 0 atom stereocenters. The third-order valence-electron chi connectivity index (χ3n) is 24.3. The number of benzene rings is 18. The predicted octanol–water partition coefficient (Wildman–Crippen LogP) is 30.0. The highest BCUT2D eigenvalue weighted by Gasteiger charge is 2.22. The van der Waals surface area contributed by atoms with Crippen molar-refractivity contribution in [3.05, 3.63) is 461 Å². The van der Waals surface area contributed by atoms with Crippen LogP contribution in [0.5, 0.6) is 0 Å². The molecule has 8 nitrogen and oxygen atoms in total. The molecule has 18 aromatic carbocycles. The van der Waals surface area contributed by atoms with Crippen LogP contribution < -0.4 is 0 Å². The van der Waals surface area contributed by atoms with Crippen LogP contribution in [0.1, 0.15) is 0 Å². The molecule has 124 heavy (non-hydrogen) atoms. The van der Waals surface area contributed by atoms with Gasteiger partial charge >= 0.3 is 0 Å². The van der Waals surface area contributed by atoms with Crippen molar-refractivity contribution in [2.75, 3.05) is 0 Å². The number of hydrogen-bond acceptors (Lipinski definition) is 4. The van der Waals surface area contributed by atoms with Gasteiger partial charge in [-0.05, 0) is 172 Å². The van der Waals surface area contributed by atoms with Crippen molar-refractivity contribution in [3.63, 3.8) is 0 Å². The fourth-order valence-corrected chi connectivity index (χ4v) is 18.3. The molecule has 0 N–H and O–H groups in total. The third kappa shape index (κ3) is 13.1. The zero-order valence-corrected chi connectivity index (χ0v) is 67.5. The molecule has 580 valence electrons. The number of nitrogens with zero attached hydrogens (tertiary/aromatic N) is 8. The van der Waals surface area contributed by atoms with Crippen LogP contribution in [0.25, 0.3) is 222 Å². The highest BCUT2D eigenvalue weighted by molar-refractivity contribution is 6.14. The molecule has 0 unspecified atom stereocenters. The van der Waals surface area contributed by atoms with Crippen molar-refractivity contribution in [1.82, 2.24) is 38.2 Å². The van der Waals surface area contributed by atoms with Gasteiger partial charge in [0.15, 0.2) is 11.6 Å². The Balaban J connectivity index is 0.000000143. The van der Waals surface area contributed by atoms with Crippen LogP contribution >= 0.6 is 0 Å². The Morgan fingerprint density at radius 1 is 0.121 bits per heavy atom. The normalized spacial score (nSPS) is 11.5. The van der Waals surface area contributed by atoms with E-state index in [0.717, 1.165) is 84.3 Å². The molecule has 0 aliphatic carbocycles. The molecular weight excluding hydrogens is 1510 g/mol. The summed E-state index contributed by atoms with van der Waals surface area (Å²) in [6, 6.07) is 164. The Bertz CT molecular complexity index is 8020. The quantitative estimate of drug-likeness (QED) is 0.109. The van der Waals surface area contributed by atoms with Crippen molar-refractivity contribution < 1.29 is 0 Å². The van der Waals surface area contributed by atoms with Gasteiger partial charge in [0.1, 0.15) is 0 Å². The Morgan fingerprint density at radius 3 is 0.661 bits per heavy atom. The van der Waals surface area contributed by atoms with E-state index < -0.39 is 0 Å². The second kappa shape index (κ2) is 30.9. The molecule has 0 radical (unpaired) electrons. The Hall–Kier alpha value is -16.7. The van der Waals surface area contributed by atoms with Gasteiger partial charge in [0.25, 0.3) is 0 Å². The molecule has 0 saturated carbocycles. The number of hydrogen-bond donors (Lipinski definition) is 0. The topological polar surface area (TPSA) is 71.3 Å². The second-order valence-corrected chi connectivity index (χ2v) is 31.6. The van der Waals surface area contributed by atoms with E-state index in [4.69, 9.17) is 19.9 Å². The molecule has 0 amide bonds. The maximum Gasteiger partial charge on any atom is 0.160 e. The number of fused-ring (bicyclic) bond motifs is 12. The summed E-state index contributed by atoms with van der Waals surface area (Å²) in [5, 5.41) is 9.93. The van der Waals surface area contributed by atoms with Gasteiger partial charge in [-0.25, -0.2) is 19.9 Å². The van der Waals surface area contributed by atoms with Crippen LogP contribution in [-0.4, -0.2) is 38.2 Å². The summed E-state index contributed by atoms with van der Waals surface area (Å²) in [6.07, 6.45) is 0. The lowest BCUT2D eigenvalue weighted by atomic mass is 10.00. The lowest BCUT2D eigenvalue weighted by Gasteiger charge is -2.11. The smallest absolute Gasteiger partial charge is 0.160 e. The first-order valence-corrected chi connectivity index (χ1v) is 42.1. The van der Waals surface area contributed by atoms with Crippen LogP contribution in [0.3, 0.4) is 0 Å². The minimum absolute atomic E-state index is 0.715. The van der Waals surface area contributed by atoms with Crippen LogP contribution in [0.4, 0.5) is 0 Å². The first-order chi connectivity index (χ1) is 61.5. The first-order valence-electron chi connectivity index (χ1n) is 42.1. The summed E-state index contributed by atoms with van der Waals surface area (Å²) in [5.41, 5.74) is 33.4. The van der Waals surface area contributed by atoms with Gasteiger partial charge < -0.3 is 18.3 Å². The highest BCUT2D eigenvalue weighted by atomic mass is 15.0. The van der Waals surface area contributed by atoms with Gasteiger partial charge in [-0.3, -0.25) is 0 Å². The SMILES string of the molecule is c1ccc(-c2cc(-c3ccc(-c4ccc5c(c4)c4ccccc4n5-c4ccc(-c5ccc6c(c5)c5ccccc5n6-c5ccccc5)cc4)cc3)nc(-c3ccccc3)n2)cc1.c1ccc(-c2cc(-c3ccc(-c4ccc5c(c4)c4ccccc4n5-c4ccc(-c5ccc6c7ccccc7n(-c7ccccc7)c6c5)cc4)cc3)nc(-c3ccccc3)n2)cc1. The van der Waals surface area contributed by atoms with E-state index in [2.05, 4.69) is 407 Å². The molecular formula is C116H76N8. The van der Waals surface area contributed by atoms with Gasteiger partial charge in [0, 0.05) is 99.2 Å². The van der Waals surface area contributed by atoms with E-state index in [-0.39, 0.29) is 0 Å². The van der Waals surface area contributed by atoms with E-state index in [1.165, 1.54) is 126 Å². The highest BCUT2D eigenvalue weighted by Crippen LogP contribution is 2.43. The Morgan fingerprint density at radius 2 is 0.331 bits per heavy atom. The van der Waals surface area contributed by atoms with E-state index in [1.807, 2.05) is 72.8 Å². The average Bonchev–Trinajstić information content (AvgIpc) is 1.61. The molecule has 0 fully saturated rings. The standard InChI is InChI=1S/2C58H38N4/c1-4-14-41(15-5-1)52-38-53(60-58(59-52)43-16-6-2-7-17-43)42-26-24-39(25-27-42)44-30-35-57-51(36-44)49-21-11-13-23-55(49)62(57)47-32-28-40(29-33-47)45-31-34-56-50(37-45)48-20-10-12-22-54(48)61(56)46-18-8-3-9-19-46;1-4-14-41(15-5-1)52-38-53(60-58(59-52)43-16-6-2-7-17-43)42-26-24-39(25-27-42)44-31-35-56-51(36-44)49-21-11-13-23-55(49)61(56)47-32-28-40(29-33-47)45-30-34-50-48-20-10-12-22-54(48)62(57(50)37-45)46-18-8-3-9-19-46/h2*1-38H. The second-order valence-electron chi connectivity index (χ2n) is 31.6. The predicted molar refractivity (Wildman–Crippen MR) is 516 cm³/mol. The number of rotatable bonds is 14. The minimum Gasteiger partial charge on any atom is -0.309 e. The molecule has 6 aromatic heterocycles. The third-order valence-corrected chi connectivity index (χ3v) is 24.3. The average molecular weight is 1580 g/mol. The molecule has 0 aliphatic heterocycles. The van der Waals surface area contributed by atoms with Gasteiger partial charge in [-0.2, -0.15) is 0 Å². The Labute approximate surface area is 716 Å². The van der Waals surface area contributed by atoms with Crippen molar-refractivity contribution in [1.29, 1.82) is 0 Å². The fourth-order valence-electron chi connectivity index (χ4n) is 18.3. The van der Waals surface area contributed by atoms with Crippen molar-refractivity contribution in [3.8, 4) is 135 Å². The van der Waals surface area contributed by atoms with Crippen molar-refractivity contribution >= 4 is 87.2 Å². The van der Waals surface area contributed by atoms with Crippen LogP contribution in [-0.2, 0) is 0 Å². The lowest BCUT2D eigenvalue weighted by molar-refractivity contribution is 1.18. The lowest BCUT2D eigenvalue weighted by Crippen LogP contribution is -1.95. The zero-order chi connectivity index (χ0) is 82.0. The molecule has 24 rings (SSSR count). The summed E-state index contributed by atoms with van der Waals surface area (Å²) in [5.74, 6) is 1.43. The molecule has 8 heteroatoms. The van der Waals surface area contributed by atoms with E-state index >= 15 is 0 Å². The van der Waals surface area contributed by atoms with E-state index in [0.29, 0.717) is 11.6 Å². The van der Waals surface area contributed by atoms with Crippen LogP contribution in [0, 0.1) is 0 Å². The van der Waals surface area contributed by atoms with Crippen molar-refractivity contribution in [2.45, 2.75) is 0 Å². The molecule has 0 saturated heterocycles. The molecule has 0 bridgehead atoms. The summed E-state index contributed by atoms with van der Waals surface area (Å²) in [7, 11) is 0. The summed E-state index contributed by atoms with van der Waals surface area (Å²) >= 11 is 0. The molecule has 0 aliphatic rings. The van der Waals surface area contributed by atoms with Gasteiger partial charge in [-0.1, -0.05) is 334 Å². The fraction of sp³-hybridized carbons (Fsp3) is 0. The maximum absolute atomic E-state index is 5.05. The monoisotopic (exact) mass is 1580 g/mol. The maximum atomic E-state index is 5.05. The largest absolute Gasteiger partial charge is 0.309 e. The molecule has 6 heterocycles. The van der Waals surface area contributed by atoms with Gasteiger partial charge in [-0.15, -0.1) is 0 Å². The van der Waals surface area contributed by atoms with E-state index in [9.17, 15) is 0 Å². The van der Waals surface area contributed by atoms with Crippen molar-refractivity contribution in [2.24, 2.45) is 0 Å². The summed E-state index contributed by atoms with van der Waals surface area (Å²) in [4.78, 5) is 20.1. The van der Waals surface area contributed by atoms with Gasteiger partial charge in [0.2, 0.25) is 0 Å². The minimum atomic E-state index is 0.715. The first kappa shape index (κ1) is 72.5. The molecule has 24 aromatic rings. The van der Waals surface area contributed by atoms with E-state index in [1.54, 1.807) is 0 Å². The number of aromatic nitrogens is 8. The zero-order valence-electron chi connectivity index (χ0n) is 67.5. The summed E-state index contributed by atoms with van der Waals surface area (Å²) < 4.78 is 9.53. The van der Waals surface area contributed by atoms with Crippen LogP contribution in [0.2, 0.25) is 0 Å². The summed E-state index contributed by atoms with van der Waals surface area (Å²) in [6.45, 7) is 0. The van der Waals surface area contributed by atoms with Gasteiger partial charge in [0.05, 0.1) is 66.9 Å².